The van der Waals surface area contributed by atoms with Crippen LogP contribution >= 0.6 is 0 Å². The van der Waals surface area contributed by atoms with Gasteiger partial charge in [-0.25, -0.2) is 4.98 Å². The fraction of sp³-hybridized carbons (Fsp3) is 0.500. The van der Waals surface area contributed by atoms with Crippen LogP contribution in [0.15, 0.2) is 23.0 Å². The molecule has 1 aromatic carbocycles. The lowest BCUT2D eigenvalue weighted by Crippen LogP contribution is -2.32. The first-order valence-corrected chi connectivity index (χ1v) is 8.58. The number of benzene rings is 1. The van der Waals surface area contributed by atoms with Gasteiger partial charge in [-0.05, 0) is 31.5 Å². The number of carbonyl (C=O) groups is 1. The second-order valence-electron chi connectivity index (χ2n) is 6.67. The van der Waals surface area contributed by atoms with Crippen molar-refractivity contribution < 1.29 is 9.90 Å². The summed E-state index contributed by atoms with van der Waals surface area (Å²) in [4.78, 5) is 33.1. The lowest BCUT2D eigenvalue weighted by molar-refractivity contribution is 0.0827. The molecule has 7 nitrogen and oxygen atoms in total. The Bertz CT molecular complexity index is 859. The van der Waals surface area contributed by atoms with Gasteiger partial charge in [-0.15, -0.1) is 0 Å². The van der Waals surface area contributed by atoms with Crippen molar-refractivity contribution in [3.63, 3.8) is 0 Å². The van der Waals surface area contributed by atoms with Gasteiger partial charge in [0.2, 0.25) is 0 Å². The summed E-state index contributed by atoms with van der Waals surface area (Å²) in [7, 11) is 3.41. The second kappa shape index (κ2) is 6.84. The summed E-state index contributed by atoms with van der Waals surface area (Å²) in [6.07, 6.45) is 0.848. The van der Waals surface area contributed by atoms with Crippen LogP contribution in [0.4, 0.5) is 5.82 Å². The summed E-state index contributed by atoms with van der Waals surface area (Å²) < 4.78 is 1.69. The molecular formula is C18H24N4O3. The van der Waals surface area contributed by atoms with Crippen molar-refractivity contribution >= 4 is 22.8 Å². The van der Waals surface area contributed by atoms with E-state index in [-0.39, 0.29) is 24.0 Å². The van der Waals surface area contributed by atoms with E-state index in [4.69, 9.17) is 0 Å². The largest absolute Gasteiger partial charge is 0.396 e. The fourth-order valence-corrected chi connectivity index (χ4v) is 3.32. The van der Waals surface area contributed by atoms with Crippen molar-refractivity contribution in [2.45, 2.75) is 19.9 Å². The Morgan fingerprint density at radius 1 is 1.40 bits per heavy atom. The van der Waals surface area contributed by atoms with Crippen molar-refractivity contribution in [1.82, 2.24) is 14.5 Å². The quantitative estimate of drug-likeness (QED) is 0.893. The van der Waals surface area contributed by atoms with E-state index in [1.165, 1.54) is 4.90 Å². The van der Waals surface area contributed by atoms with Crippen LogP contribution in [0.1, 0.15) is 23.7 Å². The number of nitrogens with zero attached hydrogens (tertiary/aromatic N) is 4. The Labute approximate surface area is 146 Å². The van der Waals surface area contributed by atoms with E-state index in [9.17, 15) is 14.7 Å². The molecule has 1 amide bonds. The highest BCUT2D eigenvalue weighted by atomic mass is 16.3. The summed E-state index contributed by atoms with van der Waals surface area (Å²) in [5, 5.41) is 9.35. The normalized spacial score (nSPS) is 17.3. The minimum atomic E-state index is -0.125. The van der Waals surface area contributed by atoms with Gasteiger partial charge in [-0.3, -0.25) is 9.59 Å². The zero-order valence-corrected chi connectivity index (χ0v) is 14.9. The third kappa shape index (κ3) is 3.11. The zero-order chi connectivity index (χ0) is 18.1. The Morgan fingerprint density at radius 2 is 2.16 bits per heavy atom. The summed E-state index contributed by atoms with van der Waals surface area (Å²) in [6, 6.07) is 5.26. The summed E-state index contributed by atoms with van der Waals surface area (Å²) in [5.74, 6) is 0.481. The van der Waals surface area contributed by atoms with Gasteiger partial charge in [0.25, 0.3) is 11.5 Å². The highest BCUT2D eigenvalue weighted by Crippen LogP contribution is 2.22. The zero-order valence-electron chi connectivity index (χ0n) is 14.9. The van der Waals surface area contributed by atoms with Gasteiger partial charge in [0, 0.05) is 51.8 Å². The average molecular weight is 344 g/mol. The highest BCUT2D eigenvalue weighted by molar-refractivity contribution is 5.97. The smallest absolute Gasteiger partial charge is 0.293 e. The topological polar surface area (TPSA) is 78.7 Å². The number of fused-ring (bicyclic) bond motifs is 1. The molecule has 1 aromatic heterocycles. The van der Waals surface area contributed by atoms with Crippen molar-refractivity contribution in [1.29, 1.82) is 0 Å². The predicted molar refractivity (Wildman–Crippen MR) is 97.1 cm³/mol. The number of aryl methyl sites for hydroxylation is 1. The number of amides is 1. The Kier molecular flexibility index (Phi) is 4.76. The van der Waals surface area contributed by atoms with Gasteiger partial charge in [-0.2, -0.15) is 0 Å². The molecule has 0 saturated carbocycles. The monoisotopic (exact) mass is 344 g/mol. The molecule has 0 bridgehead atoms. The number of aliphatic hydroxyl groups is 1. The maximum atomic E-state index is 12.8. The van der Waals surface area contributed by atoms with Crippen LogP contribution in [0, 0.1) is 5.92 Å². The SMILES string of the molecule is CCn1c(=O)c(N2CC[C@H](CO)C2)nc2cc(C(=O)N(C)C)ccc21. The van der Waals surface area contributed by atoms with E-state index in [1.807, 2.05) is 11.8 Å². The molecule has 1 atom stereocenters. The van der Waals surface area contributed by atoms with Crippen molar-refractivity contribution in [2.75, 3.05) is 38.7 Å². The summed E-state index contributed by atoms with van der Waals surface area (Å²) in [5.41, 5.74) is 1.79. The molecule has 2 aromatic rings. The number of hydrogen-bond donors (Lipinski definition) is 1. The molecule has 0 radical (unpaired) electrons. The van der Waals surface area contributed by atoms with Gasteiger partial charge in [0.05, 0.1) is 11.0 Å². The van der Waals surface area contributed by atoms with Crippen LogP contribution in [0.25, 0.3) is 11.0 Å². The van der Waals surface area contributed by atoms with Crippen molar-refractivity contribution in [3.8, 4) is 0 Å². The number of aromatic nitrogens is 2. The van der Waals surface area contributed by atoms with E-state index >= 15 is 0 Å². The lowest BCUT2D eigenvalue weighted by atomic mass is 10.1. The van der Waals surface area contributed by atoms with E-state index in [0.717, 1.165) is 11.9 Å². The molecule has 1 aliphatic rings. The first-order valence-electron chi connectivity index (χ1n) is 8.58. The molecular weight excluding hydrogens is 320 g/mol. The van der Waals surface area contributed by atoms with Gasteiger partial charge >= 0.3 is 0 Å². The number of carbonyl (C=O) groups excluding carboxylic acids is 1. The lowest BCUT2D eigenvalue weighted by Gasteiger charge is -2.19. The third-order valence-electron chi connectivity index (χ3n) is 4.74. The Hall–Kier alpha value is -2.41. The van der Waals surface area contributed by atoms with Crippen LogP contribution in [0.2, 0.25) is 0 Å². The standard InChI is InChI=1S/C18H24N4O3/c1-4-22-15-6-5-13(17(24)20(2)3)9-14(15)19-16(18(22)25)21-8-7-12(10-21)11-23/h5-6,9,12,23H,4,7-8,10-11H2,1-3H3/t12-/m0/s1. The van der Waals surface area contributed by atoms with E-state index < -0.39 is 0 Å². The van der Waals surface area contributed by atoms with E-state index in [2.05, 4.69) is 4.98 Å². The highest BCUT2D eigenvalue weighted by Gasteiger charge is 2.26. The van der Waals surface area contributed by atoms with Crippen LogP contribution in [-0.2, 0) is 6.54 Å². The molecule has 134 valence electrons. The van der Waals surface area contributed by atoms with E-state index in [1.54, 1.807) is 36.9 Å². The number of aliphatic hydroxyl groups excluding tert-OH is 1. The molecule has 7 heteroatoms. The van der Waals surface area contributed by atoms with Crippen LogP contribution in [0.3, 0.4) is 0 Å². The first-order chi connectivity index (χ1) is 12.0. The minimum Gasteiger partial charge on any atom is -0.396 e. The molecule has 1 saturated heterocycles. The number of hydrogen-bond acceptors (Lipinski definition) is 5. The maximum absolute atomic E-state index is 12.8. The summed E-state index contributed by atoms with van der Waals surface area (Å²) >= 11 is 0. The van der Waals surface area contributed by atoms with Crippen LogP contribution in [0.5, 0.6) is 0 Å². The number of rotatable bonds is 4. The molecule has 1 fully saturated rings. The molecule has 25 heavy (non-hydrogen) atoms. The minimum absolute atomic E-state index is 0.0963. The second-order valence-corrected chi connectivity index (χ2v) is 6.67. The molecule has 3 rings (SSSR count). The van der Waals surface area contributed by atoms with Gasteiger partial charge in [0.15, 0.2) is 5.82 Å². The van der Waals surface area contributed by atoms with Gasteiger partial charge in [-0.1, -0.05) is 0 Å². The average Bonchev–Trinajstić information content (AvgIpc) is 3.09. The molecule has 0 unspecified atom stereocenters. The Morgan fingerprint density at radius 3 is 2.76 bits per heavy atom. The molecule has 1 aliphatic heterocycles. The Balaban J connectivity index is 2.13. The number of anilines is 1. The molecule has 1 N–H and O–H groups in total. The first kappa shape index (κ1) is 17.4. The third-order valence-corrected chi connectivity index (χ3v) is 4.74. The summed E-state index contributed by atoms with van der Waals surface area (Å²) in [6.45, 7) is 3.91. The molecule has 0 spiro atoms. The van der Waals surface area contributed by atoms with Gasteiger partial charge in [0.1, 0.15) is 0 Å². The van der Waals surface area contributed by atoms with Crippen LogP contribution < -0.4 is 10.5 Å². The van der Waals surface area contributed by atoms with Crippen LogP contribution in [-0.4, -0.2) is 59.3 Å². The molecule has 0 aliphatic carbocycles. The van der Waals surface area contributed by atoms with Crippen molar-refractivity contribution in [2.24, 2.45) is 5.92 Å². The fourth-order valence-electron chi connectivity index (χ4n) is 3.32. The molecule has 2 heterocycles. The van der Waals surface area contributed by atoms with Gasteiger partial charge < -0.3 is 19.5 Å². The van der Waals surface area contributed by atoms with E-state index in [0.29, 0.717) is 36.5 Å². The van der Waals surface area contributed by atoms with Crippen molar-refractivity contribution in [3.05, 3.63) is 34.1 Å². The maximum Gasteiger partial charge on any atom is 0.293 e. The predicted octanol–water partition coefficient (Wildman–Crippen LogP) is 0.937.